The molecule has 1 atom stereocenters. The summed E-state index contributed by atoms with van der Waals surface area (Å²) in [5, 5.41) is 0. The standard InChI is InChI=1S/C15H15Br3O4/c1-4-5-12(21-14(19)8(2)3)15(20)22-13-10(17)6-9(16)7-11(13)18/h6-7,12H,2,4-5H2,1,3H3. The van der Waals surface area contributed by atoms with Crippen LogP contribution in [0.3, 0.4) is 0 Å². The fourth-order valence-corrected chi connectivity index (χ4v) is 3.93. The normalized spacial score (nSPS) is 11.7. The molecular formula is C15H15Br3O4. The second-order valence-electron chi connectivity index (χ2n) is 4.58. The summed E-state index contributed by atoms with van der Waals surface area (Å²) in [6.07, 6.45) is 0.0897. The van der Waals surface area contributed by atoms with Crippen molar-refractivity contribution in [3.05, 3.63) is 37.7 Å². The molecule has 7 heteroatoms. The molecule has 0 N–H and O–H groups in total. The minimum absolute atomic E-state index is 0.236. The Bertz CT molecular complexity index is 575. The summed E-state index contributed by atoms with van der Waals surface area (Å²) < 4.78 is 12.5. The summed E-state index contributed by atoms with van der Waals surface area (Å²) in [6.45, 7) is 6.92. The van der Waals surface area contributed by atoms with E-state index in [9.17, 15) is 9.59 Å². The monoisotopic (exact) mass is 496 g/mol. The number of benzene rings is 1. The van der Waals surface area contributed by atoms with Gasteiger partial charge in [-0.15, -0.1) is 0 Å². The third-order valence-electron chi connectivity index (χ3n) is 2.58. The maximum absolute atomic E-state index is 12.3. The van der Waals surface area contributed by atoms with E-state index in [2.05, 4.69) is 54.4 Å². The molecule has 0 aliphatic heterocycles. The Balaban J connectivity index is 2.92. The Kier molecular flexibility index (Phi) is 7.79. The van der Waals surface area contributed by atoms with Crippen molar-refractivity contribution in [1.29, 1.82) is 0 Å². The number of hydrogen-bond donors (Lipinski definition) is 0. The van der Waals surface area contributed by atoms with Crippen LogP contribution in [0.2, 0.25) is 0 Å². The molecule has 0 bridgehead atoms. The van der Waals surface area contributed by atoms with Gasteiger partial charge in [-0.25, -0.2) is 9.59 Å². The number of carbonyl (C=O) groups is 2. The van der Waals surface area contributed by atoms with E-state index in [1.54, 1.807) is 12.1 Å². The van der Waals surface area contributed by atoms with Gasteiger partial charge in [-0.05, 0) is 57.3 Å². The van der Waals surface area contributed by atoms with Crippen molar-refractivity contribution < 1.29 is 19.1 Å². The van der Waals surface area contributed by atoms with Crippen LogP contribution in [0.25, 0.3) is 0 Å². The molecule has 0 spiro atoms. The molecule has 0 saturated heterocycles. The van der Waals surface area contributed by atoms with Gasteiger partial charge in [0.1, 0.15) is 0 Å². The predicted molar refractivity (Wildman–Crippen MR) is 94.8 cm³/mol. The summed E-state index contributed by atoms with van der Waals surface area (Å²) in [7, 11) is 0. The number of ether oxygens (including phenoxy) is 2. The number of halogens is 3. The maximum atomic E-state index is 12.3. The van der Waals surface area contributed by atoms with E-state index in [-0.39, 0.29) is 5.57 Å². The van der Waals surface area contributed by atoms with Gasteiger partial charge in [-0.3, -0.25) is 0 Å². The highest BCUT2D eigenvalue weighted by Gasteiger charge is 2.26. The van der Waals surface area contributed by atoms with Gasteiger partial charge in [0, 0.05) is 10.0 Å². The molecule has 0 aliphatic carbocycles. The van der Waals surface area contributed by atoms with Gasteiger partial charge in [0.05, 0.1) is 8.95 Å². The molecule has 0 amide bonds. The third kappa shape index (κ3) is 5.52. The van der Waals surface area contributed by atoms with Crippen molar-refractivity contribution in [3.8, 4) is 5.75 Å². The minimum Gasteiger partial charge on any atom is -0.447 e. The smallest absolute Gasteiger partial charge is 0.352 e. The first kappa shape index (κ1) is 19.4. The van der Waals surface area contributed by atoms with E-state index in [1.807, 2.05) is 6.92 Å². The van der Waals surface area contributed by atoms with Crippen molar-refractivity contribution in [3.63, 3.8) is 0 Å². The Morgan fingerprint density at radius 1 is 1.23 bits per heavy atom. The lowest BCUT2D eigenvalue weighted by atomic mass is 10.2. The second kappa shape index (κ2) is 8.84. The number of esters is 2. The Morgan fingerprint density at radius 3 is 2.23 bits per heavy atom. The molecule has 1 unspecified atom stereocenters. The van der Waals surface area contributed by atoms with E-state index in [4.69, 9.17) is 9.47 Å². The zero-order valence-electron chi connectivity index (χ0n) is 12.1. The zero-order chi connectivity index (χ0) is 16.9. The molecule has 0 saturated carbocycles. The van der Waals surface area contributed by atoms with Crippen LogP contribution in [0, 0.1) is 0 Å². The lowest BCUT2D eigenvalue weighted by molar-refractivity contribution is -0.160. The summed E-state index contributed by atoms with van der Waals surface area (Å²) in [5.74, 6) is -0.898. The molecule has 0 aromatic heterocycles. The van der Waals surface area contributed by atoms with Gasteiger partial charge >= 0.3 is 11.9 Å². The summed E-state index contributed by atoms with van der Waals surface area (Å²) >= 11 is 10.00. The molecule has 0 radical (unpaired) electrons. The van der Waals surface area contributed by atoms with Crippen molar-refractivity contribution in [2.45, 2.75) is 32.8 Å². The van der Waals surface area contributed by atoms with Crippen molar-refractivity contribution >= 4 is 59.7 Å². The first-order valence-electron chi connectivity index (χ1n) is 6.49. The Labute approximate surface area is 154 Å². The molecule has 4 nitrogen and oxygen atoms in total. The molecule has 1 aromatic rings. The van der Waals surface area contributed by atoms with E-state index < -0.39 is 18.0 Å². The molecule has 0 aliphatic rings. The van der Waals surface area contributed by atoms with Gasteiger partial charge in [0.2, 0.25) is 0 Å². The third-order valence-corrected chi connectivity index (χ3v) is 4.21. The van der Waals surface area contributed by atoms with E-state index in [1.165, 1.54) is 6.92 Å². The lowest BCUT2D eigenvalue weighted by Crippen LogP contribution is -2.31. The van der Waals surface area contributed by atoms with Crippen LogP contribution in [0.1, 0.15) is 26.7 Å². The van der Waals surface area contributed by atoms with Crippen LogP contribution in [0.4, 0.5) is 0 Å². The first-order valence-corrected chi connectivity index (χ1v) is 8.86. The van der Waals surface area contributed by atoms with E-state index in [0.29, 0.717) is 27.5 Å². The summed E-state index contributed by atoms with van der Waals surface area (Å²) in [6, 6.07) is 3.50. The minimum atomic E-state index is -0.961. The average Bonchev–Trinajstić information content (AvgIpc) is 2.41. The largest absolute Gasteiger partial charge is 0.447 e. The van der Waals surface area contributed by atoms with Crippen LogP contribution in [0.5, 0.6) is 5.75 Å². The molecule has 120 valence electrons. The molecule has 22 heavy (non-hydrogen) atoms. The van der Waals surface area contributed by atoms with Crippen LogP contribution >= 0.6 is 47.8 Å². The fraction of sp³-hybridized carbons (Fsp3) is 0.333. The van der Waals surface area contributed by atoms with E-state index >= 15 is 0 Å². The molecule has 0 heterocycles. The fourth-order valence-electron chi connectivity index (χ4n) is 1.51. The molecule has 1 rings (SSSR count). The van der Waals surface area contributed by atoms with Crippen molar-refractivity contribution in [2.24, 2.45) is 0 Å². The maximum Gasteiger partial charge on any atom is 0.352 e. The van der Waals surface area contributed by atoms with E-state index in [0.717, 1.165) is 4.47 Å². The van der Waals surface area contributed by atoms with Crippen LogP contribution in [-0.4, -0.2) is 18.0 Å². The Morgan fingerprint density at radius 2 is 1.77 bits per heavy atom. The highest BCUT2D eigenvalue weighted by atomic mass is 79.9. The van der Waals surface area contributed by atoms with Crippen molar-refractivity contribution in [1.82, 2.24) is 0 Å². The number of carbonyl (C=O) groups excluding carboxylic acids is 2. The highest BCUT2D eigenvalue weighted by Crippen LogP contribution is 2.36. The predicted octanol–water partition coefficient (Wildman–Crippen LogP) is 5.17. The Hall–Kier alpha value is -0.660. The SMILES string of the molecule is C=C(C)C(=O)OC(CCC)C(=O)Oc1c(Br)cc(Br)cc1Br. The molecule has 0 fully saturated rings. The molecular weight excluding hydrogens is 484 g/mol. The number of rotatable bonds is 6. The average molecular weight is 499 g/mol. The van der Waals surface area contributed by atoms with Gasteiger partial charge in [-0.1, -0.05) is 35.9 Å². The van der Waals surface area contributed by atoms with Gasteiger partial charge in [0.15, 0.2) is 11.9 Å². The summed E-state index contributed by atoms with van der Waals surface area (Å²) in [5.41, 5.74) is 0.236. The topological polar surface area (TPSA) is 52.6 Å². The highest BCUT2D eigenvalue weighted by molar-refractivity contribution is 9.11. The van der Waals surface area contributed by atoms with Gasteiger partial charge in [-0.2, -0.15) is 0 Å². The van der Waals surface area contributed by atoms with Crippen LogP contribution in [-0.2, 0) is 14.3 Å². The quantitative estimate of drug-likeness (QED) is 0.308. The van der Waals surface area contributed by atoms with Crippen molar-refractivity contribution in [2.75, 3.05) is 0 Å². The van der Waals surface area contributed by atoms with Crippen LogP contribution < -0.4 is 4.74 Å². The summed E-state index contributed by atoms with van der Waals surface area (Å²) in [4.78, 5) is 23.9. The number of hydrogen-bond acceptors (Lipinski definition) is 4. The van der Waals surface area contributed by atoms with Crippen LogP contribution in [0.15, 0.2) is 37.7 Å². The van der Waals surface area contributed by atoms with Gasteiger partial charge in [0.25, 0.3) is 0 Å². The lowest BCUT2D eigenvalue weighted by Gasteiger charge is -2.17. The molecule has 1 aromatic carbocycles. The second-order valence-corrected chi connectivity index (χ2v) is 7.21. The first-order chi connectivity index (χ1) is 10.3. The van der Waals surface area contributed by atoms with Gasteiger partial charge < -0.3 is 9.47 Å². The zero-order valence-corrected chi connectivity index (χ0v) is 16.9.